The molecule has 22 heavy (non-hydrogen) atoms. The minimum Gasteiger partial charge on any atom is -0.491 e. The maximum absolute atomic E-state index is 12.6. The third-order valence-electron chi connectivity index (χ3n) is 4.27. The van der Waals surface area contributed by atoms with E-state index >= 15 is 0 Å². The van der Waals surface area contributed by atoms with Crippen molar-refractivity contribution in [3.05, 3.63) is 24.3 Å². The van der Waals surface area contributed by atoms with Crippen molar-refractivity contribution >= 4 is 11.6 Å². The second kappa shape index (κ2) is 7.63. The topological polar surface area (TPSA) is 47.6 Å². The lowest BCUT2D eigenvalue weighted by Gasteiger charge is -2.27. The summed E-state index contributed by atoms with van der Waals surface area (Å²) in [5, 5.41) is 2.98. The van der Waals surface area contributed by atoms with Crippen LogP contribution in [-0.2, 0) is 9.53 Å². The van der Waals surface area contributed by atoms with E-state index in [1.807, 2.05) is 38.1 Å². The highest BCUT2D eigenvalue weighted by atomic mass is 16.5. The molecule has 1 saturated carbocycles. The molecule has 122 valence electrons. The van der Waals surface area contributed by atoms with Crippen molar-refractivity contribution < 1.29 is 14.3 Å². The van der Waals surface area contributed by atoms with Gasteiger partial charge >= 0.3 is 0 Å². The zero-order valence-electron chi connectivity index (χ0n) is 13.9. The average molecular weight is 305 g/mol. The molecule has 2 rings (SSSR count). The van der Waals surface area contributed by atoms with Crippen molar-refractivity contribution in [3.8, 4) is 5.75 Å². The van der Waals surface area contributed by atoms with Crippen molar-refractivity contribution in [2.24, 2.45) is 0 Å². The fraction of sp³-hybridized carbons (Fsp3) is 0.611. The lowest BCUT2D eigenvalue weighted by Crippen LogP contribution is -2.43. The Bertz CT molecular complexity index is 478. The second-order valence-electron chi connectivity index (χ2n) is 5.95. The zero-order chi connectivity index (χ0) is 16.0. The lowest BCUT2D eigenvalue weighted by atomic mass is 10.0. The van der Waals surface area contributed by atoms with E-state index in [-0.39, 0.29) is 12.0 Å². The van der Waals surface area contributed by atoms with Gasteiger partial charge in [0.2, 0.25) is 0 Å². The van der Waals surface area contributed by atoms with Crippen molar-refractivity contribution in [2.45, 2.75) is 64.6 Å². The molecular weight excluding hydrogens is 278 g/mol. The summed E-state index contributed by atoms with van der Waals surface area (Å²) in [7, 11) is 0. The van der Waals surface area contributed by atoms with Gasteiger partial charge in [0.15, 0.2) is 0 Å². The molecule has 0 spiro atoms. The molecule has 1 fully saturated rings. The van der Waals surface area contributed by atoms with Crippen LogP contribution < -0.4 is 10.1 Å². The summed E-state index contributed by atoms with van der Waals surface area (Å²) >= 11 is 0. The van der Waals surface area contributed by atoms with Gasteiger partial charge in [0.1, 0.15) is 11.4 Å². The third-order valence-corrected chi connectivity index (χ3v) is 4.27. The molecule has 4 nitrogen and oxygen atoms in total. The first-order valence-electron chi connectivity index (χ1n) is 8.32. The van der Waals surface area contributed by atoms with E-state index in [1.54, 1.807) is 0 Å². The fourth-order valence-electron chi connectivity index (χ4n) is 2.84. The monoisotopic (exact) mass is 305 g/mol. The molecule has 1 aliphatic rings. The summed E-state index contributed by atoms with van der Waals surface area (Å²) < 4.78 is 11.5. The highest BCUT2D eigenvalue weighted by molar-refractivity contribution is 5.97. The molecule has 0 heterocycles. The number of carbonyl (C=O) groups excluding carboxylic acids is 1. The highest BCUT2D eigenvalue weighted by Gasteiger charge is 2.41. The molecule has 0 bridgehead atoms. The van der Waals surface area contributed by atoms with Gasteiger partial charge in [0.25, 0.3) is 5.91 Å². The number of amides is 1. The zero-order valence-corrected chi connectivity index (χ0v) is 13.9. The Morgan fingerprint density at radius 3 is 2.41 bits per heavy atom. The standard InChI is InChI=1S/C18H27NO3/c1-4-14(3)22-16-10-8-15(9-11-16)19-17(20)18(21-5-2)12-6-7-13-18/h8-11,14H,4-7,12-13H2,1-3H3,(H,19,20). The molecule has 0 saturated heterocycles. The SMILES string of the molecule is CCOC1(C(=O)Nc2ccc(OC(C)CC)cc2)CCCC1. The predicted molar refractivity (Wildman–Crippen MR) is 88.3 cm³/mol. The van der Waals surface area contributed by atoms with Crippen molar-refractivity contribution in [2.75, 3.05) is 11.9 Å². The smallest absolute Gasteiger partial charge is 0.256 e. The predicted octanol–water partition coefficient (Wildman–Crippen LogP) is 4.15. The van der Waals surface area contributed by atoms with Crippen LogP contribution in [0.4, 0.5) is 5.69 Å². The fourth-order valence-corrected chi connectivity index (χ4v) is 2.84. The summed E-state index contributed by atoms with van der Waals surface area (Å²) in [6.45, 7) is 6.64. The van der Waals surface area contributed by atoms with Crippen LogP contribution >= 0.6 is 0 Å². The molecule has 1 unspecified atom stereocenters. The first-order valence-corrected chi connectivity index (χ1v) is 8.32. The molecule has 1 aromatic carbocycles. The number of hydrogen-bond donors (Lipinski definition) is 1. The Morgan fingerprint density at radius 1 is 1.23 bits per heavy atom. The van der Waals surface area contributed by atoms with Crippen molar-refractivity contribution in [1.82, 2.24) is 0 Å². The van der Waals surface area contributed by atoms with Crippen LogP contribution in [0.5, 0.6) is 5.75 Å². The number of anilines is 1. The third kappa shape index (κ3) is 4.01. The molecule has 1 aliphatic carbocycles. The van der Waals surface area contributed by atoms with Gasteiger partial charge in [-0.1, -0.05) is 6.92 Å². The van der Waals surface area contributed by atoms with E-state index in [0.717, 1.165) is 43.5 Å². The molecule has 0 aromatic heterocycles. The van der Waals surface area contributed by atoms with Crippen LogP contribution in [0, 0.1) is 0 Å². The van der Waals surface area contributed by atoms with E-state index in [2.05, 4.69) is 12.2 Å². The van der Waals surface area contributed by atoms with Crippen LogP contribution in [0.2, 0.25) is 0 Å². The molecule has 0 radical (unpaired) electrons. The van der Waals surface area contributed by atoms with Gasteiger partial charge in [-0.3, -0.25) is 4.79 Å². The first kappa shape index (κ1) is 16.8. The van der Waals surface area contributed by atoms with Crippen LogP contribution in [0.15, 0.2) is 24.3 Å². The van der Waals surface area contributed by atoms with E-state index < -0.39 is 5.60 Å². The van der Waals surface area contributed by atoms with Gasteiger partial charge in [-0.15, -0.1) is 0 Å². The maximum Gasteiger partial charge on any atom is 0.256 e. The first-order chi connectivity index (χ1) is 10.6. The summed E-state index contributed by atoms with van der Waals surface area (Å²) in [6.07, 6.45) is 4.88. The second-order valence-corrected chi connectivity index (χ2v) is 5.95. The van der Waals surface area contributed by atoms with Crippen LogP contribution in [0.3, 0.4) is 0 Å². The molecule has 0 aliphatic heterocycles. The summed E-state index contributed by atoms with van der Waals surface area (Å²) in [6, 6.07) is 7.54. The molecule has 4 heteroatoms. The highest BCUT2D eigenvalue weighted by Crippen LogP contribution is 2.34. The number of benzene rings is 1. The van der Waals surface area contributed by atoms with Crippen molar-refractivity contribution in [1.29, 1.82) is 0 Å². The Hall–Kier alpha value is -1.55. The van der Waals surface area contributed by atoms with Gasteiger partial charge in [0.05, 0.1) is 6.10 Å². The molecule has 1 atom stereocenters. The van der Waals surface area contributed by atoms with E-state index in [0.29, 0.717) is 6.61 Å². The Kier molecular flexibility index (Phi) is 5.83. The van der Waals surface area contributed by atoms with E-state index in [4.69, 9.17) is 9.47 Å². The maximum atomic E-state index is 12.6. The summed E-state index contributed by atoms with van der Waals surface area (Å²) in [4.78, 5) is 12.6. The number of rotatable bonds is 7. The largest absolute Gasteiger partial charge is 0.491 e. The normalized spacial score (nSPS) is 18.0. The van der Waals surface area contributed by atoms with Gasteiger partial charge < -0.3 is 14.8 Å². The minimum absolute atomic E-state index is 0.0255. The van der Waals surface area contributed by atoms with Crippen LogP contribution in [0.25, 0.3) is 0 Å². The number of nitrogens with one attached hydrogen (secondary N) is 1. The van der Waals surface area contributed by atoms with Gasteiger partial charge in [0, 0.05) is 12.3 Å². The molecule has 1 aromatic rings. The summed E-state index contributed by atoms with van der Waals surface area (Å²) in [5.74, 6) is 0.801. The Balaban J connectivity index is 1.99. The van der Waals surface area contributed by atoms with Gasteiger partial charge in [-0.25, -0.2) is 0 Å². The number of ether oxygens (including phenoxy) is 2. The molecule has 1 N–H and O–H groups in total. The van der Waals surface area contributed by atoms with Crippen molar-refractivity contribution in [3.63, 3.8) is 0 Å². The summed E-state index contributed by atoms with van der Waals surface area (Å²) in [5.41, 5.74) is 0.146. The van der Waals surface area contributed by atoms with Gasteiger partial charge in [-0.2, -0.15) is 0 Å². The van der Waals surface area contributed by atoms with Gasteiger partial charge in [-0.05, 0) is 70.2 Å². The number of carbonyl (C=O) groups is 1. The Labute approximate surface area is 133 Å². The van der Waals surface area contributed by atoms with E-state index in [9.17, 15) is 4.79 Å². The van der Waals surface area contributed by atoms with Crippen LogP contribution in [-0.4, -0.2) is 24.2 Å². The number of hydrogen-bond acceptors (Lipinski definition) is 3. The van der Waals surface area contributed by atoms with E-state index in [1.165, 1.54) is 0 Å². The lowest BCUT2D eigenvalue weighted by molar-refractivity contribution is -0.140. The quantitative estimate of drug-likeness (QED) is 0.823. The Morgan fingerprint density at radius 2 is 1.86 bits per heavy atom. The molecule has 1 amide bonds. The average Bonchev–Trinajstić information content (AvgIpc) is 2.99. The minimum atomic E-state index is -0.638. The molecular formula is C18H27NO3. The van der Waals surface area contributed by atoms with Crippen LogP contribution in [0.1, 0.15) is 52.9 Å².